The van der Waals surface area contributed by atoms with E-state index in [0.717, 1.165) is 35.7 Å². The molecule has 1 aromatic heterocycles. The van der Waals surface area contributed by atoms with E-state index in [4.69, 9.17) is 0 Å². The summed E-state index contributed by atoms with van der Waals surface area (Å²) in [5.41, 5.74) is -0.189. The van der Waals surface area contributed by atoms with E-state index in [2.05, 4.69) is 10.4 Å². The van der Waals surface area contributed by atoms with E-state index >= 15 is 0 Å². The minimum Gasteiger partial charge on any atom is -0.337 e. The number of likely N-dealkylation sites (tertiary alicyclic amines) is 1. The maximum Gasteiger partial charge on any atom is 0.434 e. The second-order valence-corrected chi connectivity index (χ2v) is 7.33. The highest BCUT2D eigenvalue weighted by molar-refractivity contribution is 5.95. The highest BCUT2D eigenvalue weighted by Crippen LogP contribution is 2.34. The fourth-order valence-electron chi connectivity index (χ4n) is 3.96. The molecule has 3 heterocycles. The summed E-state index contributed by atoms with van der Waals surface area (Å²) in [6, 6.07) is 7.08. The van der Waals surface area contributed by atoms with Gasteiger partial charge in [0.15, 0.2) is 5.69 Å². The minimum absolute atomic E-state index is 0. The Bertz CT molecular complexity index is 850. The lowest BCUT2D eigenvalue weighted by Crippen LogP contribution is -2.39. The first-order valence-corrected chi connectivity index (χ1v) is 9.10. The van der Waals surface area contributed by atoms with E-state index < -0.39 is 17.8 Å². The molecule has 4 rings (SSSR count). The summed E-state index contributed by atoms with van der Waals surface area (Å²) in [5, 5.41) is 7.34. The summed E-state index contributed by atoms with van der Waals surface area (Å²) in [6.45, 7) is 2.75. The molecule has 2 aliphatic rings. The van der Waals surface area contributed by atoms with Crippen LogP contribution in [0.5, 0.6) is 0 Å². The van der Waals surface area contributed by atoms with Crippen LogP contribution in [-0.2, 0) is 6.18 Å². The van der Waals surface area contributed by atoms with Gasteiger partial charge in [0.25, 0.3) is 5.91 Å². The van der Waals surface area contributed by atoms with Crippen molar-refractivity contribution in [1.29, 1.82) is 0 Å². The molecular weight excluding hydrogens is 393 g/mol. The first-order valence-electron chi connectivity index (χ1n) is 9.10. The zero-order chi connectivity index (χ0) is 19.2. The van der Waals surface area contributed by atoms with E-state index in [1.54, 1.807) is 24.3 Å². The van der Waals surface area contributed by atoms with Gasteiger partial charge in [-0.1, -0.05) is 17.7 Å². The summed E-state index contributed by atoms with van der Waals surface area (Å²) in [6.07, 6.45) is -0.873. The molecule has 5 nitrogen and oxygen atoms in total. The van der Waals surface area contributed by atoms with Gasteiger partial charge in [-0.15, -0.1) is 12.4 Å². The molecule has 1 amide bonds. The summed E-state index contributed by atoms with van der Waals surface area (Å²) in [4.78, 5) is 14.5. The lowest BCUT2D eigenvalue weighted by atomic mass is 10.1. The molecule has 1 N–H and O–H groups in total. The van der Waals surface area contributed by atoms with Gasteiger partial charge in [0, 0.05) is 25.2 Å². The molecule has 152 valence electrons. The number of rotatable bonds is 2. The lowest BCUT2D eigenvalue weighted by Gasteiger charge is -2.24. The Balaban J connectivity index is 0.00000225. The first-order chi connectivity index (χ1) is 12.8. The summed E-state index contributed by atoms with van der Waals surface area (Å²) in [7, 11) is 0. The van der Waals surface area contributed by atoms with Crippen LogP contribution in [0.15, 0.2) is 30.5 Å². The number of amides is 1. The van der Waals surface area contributed by atoms with Crippen molar-refractivity contribution in [3.63, 3.8) is 0 Å². The zero-order valence-corrected chi connectivity index (χ0v) is 16.2. The van der Waals surface area contributed by atoms with Gasteiger partial charge in [0.1, 0.15) is 0 Å². The number of fused-ring (bicyclic) bond motifs is 2. The third-order valence-electron chi connectivity index (χ3n) is 5.36. The van der Waals surface area contributed by atoms with Gasteiger partial charge in [0.05, 0.1) is 17.4 Å². The molecule has 2 saturated heterocycles. The van der Waals surface area contributed by atoms with Crippen molar-refractivity contribution in [1.82, 2.24) is 20.0 Å². The third-order valence-corrected chi connectivity index (χ3v) is 5.36. The van der Waals surface area contributed by atoms with E-state index in [-0.39, 0.29) is 29.7 Å². The number of alkyl halides is 3. The summed E-state index contributed by atoms with van der Waals surface area (Å²) in [5.74, 6) is -0.602. The van der Waals surface area contributed by atoms with Gasteiger partial charge in [0.2, 0.25) is 0 Å². The molecule has 2 bridgehead atoms. The maximum absolute atomic E-state index is 13.8. The molecule has 2 aromatic rings. The second-order valence-electron chi connectivity index (χ2n) is 7.33. The fourth-order valence-corrected chi connectivity index (χ4v) is 3.96. The van der Waals surface area contributed by atoms with Crippen molar-refractivity contribution in [3.8, 4) is 5.69 Å². The van der Waals surface area contributed by atoms with Crippen molar-refractivity contribution >= 4 is 18.3 Å². The monoisotopic (exact) mass is 414 g/mol. The fraction of sp³-hybridized carbons (Fsp3) is 0.474. The van der Waals surface area contributed by atoms with Crippen molar-refractivity contribution in [3.05, 3.63) is 47.3 Å². The average molecular weight is 415 g/mol. The van der Waals surface area contributed by atoms with Crippen molar-refractivity contribution < 1.29 is 18.0 Å². The Labute approximate surface area is 167 Å². The molecule has 0 spiro atoms. The van der Waals surface area contributed by atoms with Crippen molar-refractivity contribution in [2.24, 2.45) is 0 Å². The molecule has 2 unspecified atom stereocenters. The Morgan fingerprint density at radius 2 is 1.82 bits per heavy atom. The van der Waals surface area contributed by atoms with Crippen LogP contribution >= 0.6 is 12.4 Å². The lowest BCUT2D eigenvalue weighted by molar-refractivity contribution is -0.143. The first kappa shape index (κ1) is 20.7. The molecule has 2 aliphatic heterocycles. The van der Waals surface area contributed by atoms with Crippen LogP contribution in [0.4, 0.5) is 13.2 Å². The molecule has 0 aliphatic carbocycles. The standard InChI is InChI=1S/C19H21F3N4O.ClH/c1-12-2-6-15(7-3-12)26-17(19(20,21)22)16(10-23-26)18(27)25-9-8-13-4-5-14(11-25)24-13;/h2-3,6-7,10,13-14,24H,4-5,8-9,11H2,1H3;1H. The highest BCUT2D eigenvalue weighted by Gasteiger charge is 2.42. The second kappa shape index (κ2) is 7.75. The normalized spacial score (nSPS) is 21.9. The van der Waals surface area contributed by atoms with Gasteiger partial charge < -0.3 is 10.2 Å². The molecule has 0 saturated carbocycles. The van der Waals surface area contributed by atoms with Crippen LogP contribution in [0, 0.1) is 6.92 Å². The van der Waals surface area contributed by atoms with E-state index in [1.165, 1.54) is 4.90 Å². The van der Waals surface area contributed by atoms with Crippen LogP contribution in [-0.4, -0.2) is 45.8 Å². The average Bonchev–Trinajstić information content (AvgIpc) is 3.18. The van der Waals surface area contributed by atoms with Crippen molar-refractivity contribution in [2.45, 2.75) is 44.4 Å². The number of carbonyl (C=O) groups is 1. The summed E-state index contributed by atoms with van der Waals surface area (Å²) < 4.78 is 42.3. The highest BCUT2D eigenvalue weighted by atomic mass is 35.5. The zero-order valence-electron chi connectivity index (χ0n) is 15.4. The molecule has 28 heavy (non-hydrogen) atoms. The SMILES string of the molecule is Cc1ccc(-n2ncc(C(=O)N3CCC4CCC(C3)N4)c2C(F)(F)F)cc1.Cl. The largest absolute Gasteiger partial charge is 0.434 e. The Kier molecular flexibility index (Phi) is 5.72. The van der Waals surface area contributed by atoms with Gasteiger partial charge in [-0.05, 0) is 38.3 Å². The topological polar surface area (TPSA) is 50.2 Å². The van der Waals surface area contributed by atoms with E-state index in [1.807, 2.05) is 6.92 Å². The van der Waals surface area contributed by atoms with Gasteiger partial charge in [-0.3, -0.25) is 4.79 Å². The predicted molar refractivity (Wildman–Crippen MR) is 101 cm³/mol. The number of hydrogen-bond acceptors (Lipinski definition) is 3. The Morgan fingerprint density at radius 3 is 2.50 bits per heavy atom. The van der Waals surface area contributed by atoms with Crippen LogP contribution in [0.1, 0.15) is 40.9 Å². The molecular formula is C19H22ClF3N4O. The van der Waals surface area contributed by atoms with Crippen LogP contribution < -0.4 is 5.32 Å². The van der Waals surface area contributed by atoms with Crippen LogP contribution in [0.25, 0.3) is 5.69 Å². The summed E-state index contributed by atoms with van der Waals surface area (Å²) >= 11 is 0. The number of nitrogens with one attached hydrogen (secondary N) is 1. The third kappa shape index (κ3) is 3.89. The van der Waals surface area contributed by atoms with Crippen molar-refractivity contribution in [2.75, 3.05) is 13.1 Å². The number of halogens is 4. The number of benzene rings is 1. The van der Waals surface area contributed by atoms with E-state index in [9.17, 15) is 18.0 Å². The molecule has 0 radical (unpaired) electrons. The number of hydrogen-bond donors (Lipinski definition) is 1. The molecule has 2 fully saturated rings. The maximum atomic E-state index is 13.8. The Morgan fingerprint density at radius 1 is 1.14 bits per heavy atom. The van der Waals surface area contributed by atoms with Crippen LogP contribution in [0.2, 0.25) is 0 Å². The quantitative estimate of drug-likeness (QED) is 0.817. The van der Waals surface area contributed by atoms with Gasteiger partial charge >= 0.3 is 6.18 Å². The number of nitrogens with zero attached hydrogens (tertiary/aromatic N) is 3. The number of carbonyl (C=O) groups excluding carboxylic acids is 1. The molecule has 1 aromatic carbocycles. The van der Waals surface area contributed by atoms with Gasteiger partial charge in [-0.2, -0.15) is 18.3 Å². The minimum atomic E-state index is -4.69. The molecule has 9 heteroatoms. The van der Waals surface area contributed by atoms with Crippen LogP contribution in [0.3, 0.4) is 0 Å². The predicted octanol–water partition coefficient (Wildman–Crippen LogP) is 3.59. The van der Waals surface area contributed by atoms with Gasteiger partial charge in [-0.25, -0.2) is 4.68 Å². The Hall–Kier alpha value is -2.06. The molecule has 2 atom stereocenters. The smallest absolute Gasteiger partial charge is 0.337 e. The number of aryl methyl sites for hydroxylation is 1. The number of aromatic nitrogens is 2. The van der Waals surface area contributed by atoms with E-state index in [0.29, 0.717) is 19.1 Å².